The van der Waals surface area contributed by atoms with Crippen molar-refractivity contribution in [2.24, 2.45) is 0 Å². The van der Waals surface area contributed by atoms with Crippen LogP contribution in [-0.2, 0) is 9.53 Å². The molecular formula is C20H27N3O5. The Morgan fingerprint density at radius 2 is 2.00 bits per heavy atom. The van der Waals surface area contributed by atoms with Crippen molar-refractivity contribution in [2.45, 2.75) is 38.3 Å². The second kappa shape index (κ2) is 8.95. The van der Waals surface area contributed by atoms with Crippen LogP contribution in [0.3, 0.4) is 0 Å². The van der Waals surface area contributed by atoms with E-state index in [-0.39, 0.29) is 36.9 Å². The smallest absolute Gasteiger partial charge is 0.407 e. The van der Waals surface area contributed by atoms with E-state index in [4.69, 9.17) is 9.47 Å². The van der Waals surface area contributed by atoms with Gasteiger partial charge in [-0.15, -0.1) is 0 Å². The third-order valence-corrected chi connectivity index (χ3v) is 5.21. The van der Waals surface area contributed by atoms with Crippen LogP contribution in [0.1, 0.15) is 36.5 Å². The van der Waals surface area contributed by atoms with Crippen LogP contribution in [-0.4, -0.2) is 73.1 Å². The lowest BCUT2D eigenvalue weighted by Gasteiger charge is -2.42. The number of hydrogen-bond acceptors (Lipinski definition) is 5. The first kappa shape index (κ1) is 20.0. The van der Waals surface area contributed by atoms with E-state index >= 15 is 0 Å². The Kier molecular flexibility index (Phi) is 6.38. The van der Waals surface area contributed by atoms with Crippen LogP contribution < -0.4 is 10.1 Å². The molecule has 28 heavy (non-hydrogen) atoms. The molecule has 0 aromatic heterocycles. The van der Waals surface area contributed by atoms with Crippen molar-refractivity contribution in [1.29, 1.82) is 0 Å². The number of hydrogen-bond donors (Lipinski definition) is 1. The molecule has 2 aliphatic rings. The summed E-state index contributed by atoms with van der Waals surface area (Å²) >= 11 is 0. The van der Waals surface area contributed by atoms with Gasteiger partial charge >= 0.3 is 6.09 Å². The Balaban J connectivity index is 1.63. The number of nitrogens with one attached hydrogen (secondary N) is 1. The zero-order valence-electron chi connectivity index (χ0n) is 16.3. The lowest BCUT2D eigenvalue weighted by atomic mass is 10.0. The van der Waals surface area contributed by atoms with E-state index in [1.165, 1.54) is 0 Å². The molecular weight excluding hydrogens is 362 g/mol. The molecule has 3 amide bonds. The molecule has 152 valence electrons. The van der Waals surface area contributed by atoms with Gasteiger partial charge in [-0.05, 0) is 30.7 Å². The monoisotopic (exact) mass is 389 g/mol. The molecule has 2 heterocycles. The second-order valence-corrected chi connectivity index (χ2v) is 7.15. The predicted octanol–water partition coefficient (Wildman–Crippen LogP) is 1.65. The molecule has 2 saturated heterocycles. The highest BCUT2D eigenvalue weighted by Gasteiger charge is 2.34. The molecule has 3 rings (SSSR count). The lowest BCUT2D eigenvalue weighted by Crippen LogP contribution is -2.57. The molecule has 8 heteroatoms. The molecule has 0 spiro atoms. The van der Waals surface area contributed by atoms with Crippen molar-refractivity contribution in [2.75, 3.05) is 33.4 Å². The first-order chi connectivity index (χ1) is 13.5. The Morgan fingerprint density at radius 3 is 2.61 bits per heavy atom. The van der Waals surface area contributed by atoms with Crippen LogP contribution in [0.15, 0.2) is 24.3 Å². The van der Waals surface area contributed by atoms with Gasteiger partial charge in [0, 0.05) is 31.2 Å². The van der Waals surface area contributed by atoms with Gasteiger partial charge in [0.15, 0.2) is 0 Å². The molecule has 8 nitrogen and oxygen atoms in total. The molecule has 1 aromatic carbocycles. The Labute approximate surface area is 164 Å². The number of ether oxygens (including phenoxy) is 2. The Hall–Kier alpha value is -2.77. The fourth-order valence-corrected chi connectivity index (χ4v) is 3.71. The quantitative estimate of drug-likeness (QED) is 0.799. The number of carbonyl (C=O) groups excluding carboxylic acids is 3. The number of carbonyl (C=O) groups is 3. The molecule has 0 aliphatic carbocycles. The standard InChI is InChI=1S/C20H27N3O5/c1-3-4-16-12-22(18(24)11-15-13-28-20(26)21-15)9-10-23(16)19(25)14-5-7-17(27-2)8-6-14/h5-8,15-16H,3-4,9-13H2,1-2H3,(H,21,26)/t15-,16?/m0/s1. The maximum Gasteiger partial charge on any atom is 0.407 e. The molecule has 2 atom stereocenters. The summed E-state index contributed by atoms with van der Waals surface area (Å²) < 4.78 is 10.00. The topological polar surface area (TPSA) is 88.2 Å². The van der Waals surface area contributed by atoms with Crippen LogP contribution >= 0.6 is 0 Å². The molecule has 0 radical (unpaired) electrons. The molecule has 2 fully saturated rings. The number of piperazine rings is 1. The highest BCUT2D eigenvalue weighted by atomic mass is 16.6. The third kappa shape index (κ3) is 4.55. The number of rotatable bonds is 6. The van der Waals surface area contributed by atoms with Gasteiger partial charge in [-0.3, -0.25) is 9.59 Å². The zero-order valence-corrected chi connectivity index (χ0v) is 16.3. The normalized spacial score (nSPS) is 21.9. The zero-order chi connectivity index (χ0) is 20.1. The van der Waals surface area contributed by atoms with Gasteiger partial charge in [0.05, 0.1) is 19.6 Å². The maximum absolute atomic E-state index is 13.0. The molecule has 1 aromatic rings. The summed E-state index contributed by atoms with van der Waals surface area (Å²) in [6, 6.07) is 6.80. The fraction of sp³-hybridized carbons (Fsp3) is 0.550. The molecule has 2 aliphatic heterocycles. The van der Waals surface area contributed by atoms with Crippen LogP contribution in [0.25, 0.3) is 0 Å². The highest BCUT2D eigenvalue weighted by molar-refractivity contribution is 5.94. The summed E-state index contributed by atoms with van der Waals surface area (Å²) in [5.41, 5.74) is 0.618. The van der Waals surface area contributed by atoms with Crippen LogP contribution in [0.4, 0.5) is 4.79 Å². The minimum atomic E-state index is -0.475. The molecule has 1 unspecified atom stereocenters. The van der Waals surface area contributed by atoms with Gasteiger partial charge in [0.2, 0.25) is 5.91 Å². The summed E-state index contributed by atoms with van der Waals surface area (Å²) in [7, 11) is 1.59. The maximum atomic E-state index is 13.0. The van der Waals surface area contributed by atoms with E-state index in [1.54, 1.807) is 36.3 Å². The first-order valence-electron chi connectivity index (χ1n) is 9.68. The number of amides is 3. The number of nitrogens with zero attached hydrogens (tertiary/aromatic N) is 2. The SMILES string of the molecule is CCCC1CN(C(=O)C[C@H]2COC(=O)N2)CCN1C(=O)c1ccc(OC)cc1. The van der Waals surface area contributed by atoms with E-state index in [0.717, 1.165) is 12.8 Å². The molecule has 0 bridgehead atoms. The summed E-state index contributed by atoms with van der Waals surface area (Å²) in [4.78, 5) is 40.4. The Morgan fingerprint density at radius 1 is 1.25 bits per heavy atom. The van der Waals surface area contributed by atoms with Crippen molar-refractivity contribution in [1.82, 2.24) is 15.1 Å². The van der Waals surface area contributed by atoms with E-state index in [1.807, 2.05) is 4.90 Å². The number of benzene rings is 1. The second-order valence-electron chi connectivity index (χ2n) is 7.15. The van der Waals surface area contributed by atoms with Crippen molar-refractivity contribution in [3.8, 4) is 5.75 Å². The van der Waals surface area contributed by atoms with Crippen molar-refractivity contribution >= 4 is 17.9 Å². The third-order valence-electron chi connectivity index (χ3n) is 5.21. The van der Waals surface area contributed by atoms with Gasteiger partial charge in [-0.25, -0.2) is 4.79 Å². The van der Waals surface area contributed by atoms with E-state index in [9.17, 15) is 14.4 Å². The summed E-state index contributed by atoms with van der Waals surface area (Å²) in [5, 5.41) is 2.63. The van der Waals surface area contributed by atoms with Crippen LogP contribution in [0, 0.1) is 0 Å². The highest BCUT2D eigenvalue weighted by Crippen LogP contribution is 2.20. The molecule has 1 N–H and O–H groups in total. The average molecular weight is 389 g/mol. The van der Waals surface area contributed by atoms with Gasteiger partial charge in [0.1, 0.15) is 12.4 Å². The van der Waals surface area contributed by atoms with E-state index in [2.05, 4.69) is 12.2 Å². The lowest BCUT2D eigenvalue weighted by molar-refractivity contribution is -0.134. The predicted molar refractivity (Wildman–Crippen MR) is 102 cm³/mol. The average Bonchev–Trinajstić information content (AvgIpc) is 3.12. The molecule has 0 saturated carbocycles. The fourth-order valence-electron chi connectivity index (χ4n) is 3.71. The summed E-state index contributed by atoms with van der Waals surface area (Å²) in [6.45, 7) is 3.79. The minimum absolute atomic E-state index is 0.0200. The van der Waals surface area contributed by atoms with Crippen molar-refractivity contribution in [3.63, 3.8) is 0 Å². The number of cyclic esters (lactones) is 1. The number of methoxy groups -OCH3 is 1. The van der Waals surface area contributed by atoms with Gasteiger partial charge in [0.25, 0.3) is 5.91 Å². The van der Waals surface area contributed by atoms with Gasteiger partial charge in [-0.2, -0.15) is 0 Å². The van der Waals surface area contributed by atoms with Crippen LogP contribution in [0.5, 0.6) is 5.75 Å². The summed E-state index contributed by atoms with van der Waals surface area (Å²) in [5.74, 6) is 0.665. The van der Waals surface area contributed by atoms with Crippen molar-refractivity contribution in [3.05, 3.63) is 29.8 Å². The van der Waals surface area contributed by atoms with Gasteiger partial charge < -0.3 is 24.6 Å². The largest absolute Gasteiger partial charge is 0.497 e. The summed E-state index contributed by atoms with van der Waals surface area (Å²) in [6.07, 6.45) is 1.49. The van der Waals surface area contributed by atoms with E-state index < -0.39 is 6.09 Å². The first-order valence-corrected chi connectivity index (χ1v) is 9.68. The van der Waals surface area contributed by atoms with Crippen LogP contribution in [0.2, 0.25) is 0 Å². The number of alkyl carbamates (subject to hydrolysis) is 1. The minimum Gasteiger partial charge on any atom is -0.497 e. The van der Waals surface area contributed by atoms with Crippen molar-refractivity contribution < 1.29 is 23.9 Å². The van der Waals surface area contributed by atoms with Gasteiger partial charge in [-0.1, -0.05) is 13.3 Å². The van der Waals surface area contributed by atoms with E-state index in [0.29, 0.717) is 30.9 Å². The Bertz CT molecular complexity index is 721.